The van der Waals surface area contributed by atoms with Gasteiger partial charge in [-0.3, -0.25) is 0 Å². The Morgan fingerprint density at radius 3 is 2.88 bits per heavy atom. The molecule has 0 bridgehead atoms. The van der Waals surface area contributed by atoms with Crippen LogP contribution in [0.3, 0.4) is 0 Å². The zero-order valence-corrected chi connectivity index (χ0v) is 4.96. The average molecular weight is 110 g/mol. The Hall–Kier alpha value is -0.720. The van der Waals surface area contributed by atoms with E-state index < -0.39 is 0 Å². The Morgan fingerprint density at radius 2 is 2.50 bits per heavy atom. The van der Waals surface area contributed by atoms with Crippen LogP contribution in [0.4, 0.5) is 0 Å². The van der Waals surface area contributed by atoms with Gasteiger partial charge in [0.2, 0.25) is 0 Å². The Labute approximate surface area is 49.3 Å². The Balaban J connectivity index is 2.63. The third-order valence-electron chi connectivity index (χ3n) is 1.25. The third kappa shape index (κ3) is 1.12. The molecule has 1 unspecified atom stereocenters. The Morgan fingerprint density at radius 1 is 1.75 bits per heavy atom. The second kappa shape index (κ2) is 2.03. The summed E-state index contributed by atoms with van der Waals surface area (Å²) in [6.45, 7) is 2.08. The molecule has 1 N–H and O–H groups in total. The van der Waals surface area contributed by atoms with E-state index in [9.17, 15) is 0 Å². The van der Waals surface area contributed by atoms with E-state index in [2.05, 4.69) is 6.92 Å². The molecule has 0 aromatic rings. The minimum absolute atomic E-state index is 0.406. The molecule has 0 aromatic heterocycles. The highest BCUT2D eigenvalue weighted by Gasteiger charge is 2.00. The first-order valence-electron chi connectivity index (χ1n) is 2.86. The second-order valence-electron chi connectivity index (χ2n) is 2.21. The Bertz CT molecular complexity index is 133. The van der Waals surface area contributed by atoms with Crippen LogP contribution < -0.4 is 0 Å². The molecule has 8 heavy (non-hydrogen) atoms. The van der Waals surface area contributed by atoms with Gasteiger partial charge in [-0.1, -0.05) is 13.0 Å². The maximum atomic E-state index is 8.85. The van der Waals surface area contributed by atoms with Crippen molar-refractivity contribution >= 4 is 0 Å². The van der Waals surface area contributed by atoms with Gasteiger partial charge >= 0.3 is 0 Å². The lowest BCUT2D eigenvalue weighted by atomic mass is 10.0. The van der Waals surface area contributed by atoms with E-state index in [1.165, 1.54) is 0 Å². The molecule has 0 spiro atoms. The van der Waals surface area contributed by atoms with Crippen molar-refractivity contribution in [2.45, 2.75) is 13.3 Å². The fourth-order valence-corrected chi connectivity index (χ4v) is 0.819. The SMILES string of the molecule is CC1C=C(O)C=CC1. The van der Waals surface area contributed by atoms with Crippen LogP contribution >= 0.6 is 0 Å². The van der Waals surface area contributed by atoms with Crippen molar-refractivity contribution < 1.29 is 5.11 Å². The summed E-state index contributed by atoms with van der Waals surface area (Å²) in [7, 11) is 0. The molecule has 0 saturated heterocycles. The summed E-state index contributed by atoms with van der Waals surface area (Å²) >= 11 is 0. The molecule has 1 aliphatic rings. The van der Waals surface area contributed by atoms with Gasteiger partial charge in [-0.2, -0.15) is 0 Å². The molecule has 0 amide bonds. The lowest BCUT2D eigenvalue weighted by molar-refractivity contribution is 0.420. The van der Waals surface area contributed by atoms with E-state index >= 15 is 0 Å². The van der Waals surface area contributed by atoms with Gasteiger partial charge in [-0.15, -0.1) is 0 Å². The third-order valence-corrected chi connectivity index (χ3v) is 1.25. The van der Waals surface area contributed by atoms with Crippen LogP contribution in [0.25, 0.3) is 0 Å². The highest BCUT2D eigenvalue weighted by molar-refractivity contribution is 5.16. The molecule has 1 heteroatoms. The van der Waals surface area contributed by atoms with E-state index in [4.69, 9.17) is 5.11 Å². The summed E-state index contributed by atoms with van der Waals surface area (Å²) in [4.78, 5) is 0. The molecule has 0 saturated carbocycles. The first-order valence-corrected chi connectivity index (χ1v) is 2.86. The zero-order chi connectivity index (χ0) is 5.98. The normalized spacial score (nSPS) is 27.6. The summed E-state index contributed by atoms with van der Waals surface area (Å²) in [6.07, 6.45) is 6.64. The highest BCUT2D eigenvalue weighted by Crippen LogP contribution is 2.12. The number of hydrogen-bond acceptors (Lipinski definition) is 1. The Kier molecular flexibility index (Phi) is 1.38. The second-order valence-corrected chi connectivity index (χ2v) is 2.21. The van der Waals surface area contributed by atoms with Gasteiger partial charge in [0.05, 0.1) is 0 Å². The molecule has 0 heterocycles. The predicted octanol–water partition coefficient (Wildman–Crippen LogP) is 2.02. The van der Waals surface area contributed by atoms with E-state index in [1.54, 1.807) is 6.08 Å². The van der Waals surface area contributed by atoms with Crippen LogP contribution in [-0.2, 0) is 0 Å². The van der Waals surface area contributed by atoms with Gasteiger partial charge in [0.25, 0.3) is 0 Å². The number of aliphatic hydroxyl groups excluding tert-OH is 1. The monoisotopic (exact) mass is 110 g/mol. The fourth-order valence-electron chi connectivity index (χ4n) is 0.819. The summed E-state index contributed by atoms with van der Waals surface area (Å²) in [5, 5.41) is 8.85. The van der Waals surface area contributed by atoms with Crippen LogP contribution in [-0.4, -0.2) is 5.11 Å². The molecule has 1 aliphatic carbocycles. The highest BCUT2D eigenvalue weighted by atomic mass is 16.3. The minimum atomic E-state index is 0.406. The molecule has 1 rings (SSSR count). The van der Waals surface area contributed by atoms with Gasteiger partial charge in [-0.25, -0.2) is 0 Å². The van der Waals surface area contributed by atoms with Crippen molar-refractivity contribution in [3.63, 3.8) is 0 Å². The molecule has 0 aliphatic heterocycles. The number of hydrogen-bond donors (Lipinski definition) is 1. The number of rotatable bonds is 0. The van der Waals surface area contributed by atoms with Crippen LogP contribution in [0.5, 0.6) is 0 Å². The van der Waals surface area contributed by atoms with Gasteiger partial charge in [0, 0.05) is 0 Å². The fraction of sp³-hybridized carbons (Fsp3) is 0.429. The standard InChI is InChI=1S/C7H10O/c1-6-3-2-4-7(8)5-6/h2,4-6,8H,3H2,1H3. The maximum Gasteiger partial charge on any atom is 0.111 e. The molecule has 0 radical (unpaired) electrons. The molecule has 1 atom stereocenters. The van der Waals surface area contributed by atoms with E-state index in [0.717, 1.165) is 6.42 Å². The first kappa shape index (κ1) is 5.42. The smallest absolute Gasteiger partial charge is 0.111 e. The zero-order valence-electron chi connectivity index (χ0n) is 4.96. The summed E-state index contributed by atoms with van der Waals surface area (Å²) in [5.41, 5.74) is 0. The topological polar surface area (TPSA) is 20.2 Å². The van der Waals surface area contributed by atoms with Crippen molar-refractivity contribution in [1.82, 2.24) is 0 Å². The molecular weight excluding hydrogens is 100 g/mol. The molecule has 44 valence electrons. The van der Waals surface area contributed by atoms with Crippen LogP contribution in [0.2, 0.25) is 0 Å². The van der Waals surface area contributed by atoms with Crippen molar-refractivity contribution in [1.29, 1.82) is 0 Å². The largest absolute Gasteiger partial charge is 0.508 e. The quantitative estimate of drug-likeness (QED) is 0.505. The number of allylic oxidation sites excluding steroid dienone is 3. The van der Waals surface area contributed by atoms with Gasteiger partial charge in [0.1, 0.15) is 5.76 Å². The van der Waals surface area contributed by atoms with Crippen molar-refractivity contribution in [2.24, 2.45) is 5.92 Å². The van der Waals surface area contributed by atoms with Gasteiger partial charge < -0.3 is 5.11 Å². The van der Waals surface area contributed by atoms with Crippen LogP contribution in [0, 0.1) is 5.92 Å². The van der Waals surface area contributed by atoms with Crippen molar-refractivity contribution in [2.75, 3.05) is 0 Å². The lowest BCUT2D eigenvalue weighted by Gasteiger charge is -2.05. The molecule has 0 fully saturated rings. The summed E-state index contributed by atoms with van der Waals surface area (Å²) in [6, 6.07) is 0. The molecule has 1 nitrogen and oxygen atoms in total. The summed E-state index contributed by atoms with van der Waals surface area (Å²) in [5.74, 6) is 0.920. The minimum Gasteiger partial charge on any atom is -0.508 e. The van der Waals surface area contributed by atoms with Gasteiger partial charge in [-0.05, 0) is 24.5 Å². The van der Waals surface area contributed by atoms with Crippen molar-refractivity contribution in [3.05, 3.63) is 24.0 Å². The van der Waals surface area contributed by atoms with E-state index in [1.807, 2.05) is 12.2 Å². The van der Waals surface area contributed by atoms with Crippen LogP contribution in [0.1, 0.15) is 13.3 Å². The maximum absolute atomic E-state index is 8.85. The van der Waals surface area contributed by atoms with Crippen molar-refractivity contribution in [3.8, 4) is 0 Å². The first-order chi connectivity index (χ1) is 3.79. The molecule has 0 aromatic carbocycles. The number of aliphatic hydroxyl groups is 1. The van der Waals surface area contributed by atoms with E-state index in [-0.39, 0.29) is 0 Å². The van der Waals surface area contributed by atoms with Crippen LogP contribution in [0.15, 0.2) is 24.0 Å². The molecular formula is C7H10O. The van der Waals surface area contributed by atoms with Gasteiger partial charge in [0.15, 0.2) is 0 Å². The predicted molar refractivity (Wildman–Crippen MR) is 33.6 cm³/mol. The summed E-state index contributed by atoms with van der Waals surface area (Å²) < 4.78 is 0. The van der Waals surface area contributed by atoms with E-state index in [0.29, 0.717) is 11.7 Å². The lowest BCUT2D eigenvalue weighted by Crippen LogP contribution is -1.93. The average Bonchev–Trinajstić information content (AvgIpc) is 1.64.